The van der Waals surface area contributed by atoms with Crippen molar-refractivity contribution in [2.45, 2.75) is 39.3 Å². The van der Waals surface area contributed by atoms with Crippen LogP contribution < -0.4 is 4.90 Å². The monoisotopic (exact) mass is 581 g/mol. The van der Waals surface area contributed by atoms with E-state index in [4.69, 9.17) is 9.97 Å². The van der Waals surface area contributed by atoms with Crippen LogP contribution in [0.25, 0.3) is 33.5 Å². The molecule has 0 bridgehead atoms. The lowest BCUT2D eigenvalue weighted by molar-refractivity contribution is 0.238. The third-order valence-electron chi connectivity index (χ3n) is 8.67. The van der Waals surface area contributed by atoms with Crippen LogP contribution in [0.1, 0.15) is 36.0 Å². The van der Waals surface area contributed by atoms with Gasteiger partial charge in [-0.05, 0) is 67.4 Å². The van der Waals surface area contributed by atoms with Gasteiger partial charge in [0.1, 0.15) is 11.5 Å². The molecule has 5 heterocycles. The van der Waals surface area contributed by atoms with Crippen molar-refractivity contribution in [3.8, 4) is 28.4 Å². The minimum absolute atomic E-state index is 0.326. The second kappa shape index (κ2) is 11.4. The number of halogens is 1. The highest BCUT2D eigenvalue weighted by Gasteiger charge is 2.24. The molecule has 7 rings (SSSR count). The van der Waals surface area contributed by atoms with Gasteiger partial charge < -0.3 is 19.9 Å². The Morgan fingerprint density at radius 2 is 1.93 bits per heavy atom. The number of likely N-dealkylation sites (N-methyl/N-ethyl adjacent to an activating group) is 1. The molecule has 0 aliphatic carbocycles. The number of aryl methyl sites for hydroxylation is 1. The van der Waals surface area contributed by atoms with Gasteiger partial charge in [0.2, 0.25) is 0 Å². The summed E-state index contributed by atoms with van der Waals surface area (Å²) in [5.74, 6) is 0.748. The molecule has 0 saturated carbocycles. The van der Waals surface area contributed by atoms with E-state index >= 15 is 0 Å². The molecule has 0 atom stereocenters. The zero-order chi connectivity index (χ0) is 29.5. The molecule has 1 saturated heterocycles. The van der Waals surface area contributed by atoms with Gasteiger partial charge in [0, 0.05) is 63.0 Å². The molecule has 43 heavy (non-hydrogen) atoms. The van der Waals surface area contributed by atoms with Gasteiger partial charge in [0.05, 0.1) is 23.1 Å². The van der Waals surface area contributed by atoms with Gasteiger partial charge in [0.25, 0.3) is 0 Å². The van der Waals surface area contributed by atoms with Crippen LogP contribution in [0.15, 0.2) is 42.7 Å². The second-order valence-electron chi connectivity index (χ2n) is 11.6. The summed E-state index contributed by atoms with van der Waals surface area (Å²) < 4.78 is 14.2. The third-order valence-corrected chi connectivity index (χ3v) is 8.67. The van der Waals surface area contributed by atoms with Gasteiger partial charge >= 0.3 is 0 Å². The largest absolute Gasteiger partial charge is 0.505 e. The summed E-state index contributed by atoms with van der Waals surface area (Å²) in [6.45, 7) is 8.47. The van der Waals surface area contributed by atoms with Gasteiger partial charge in [0.15, 0.2) is 17.4 Å². The molecule has 2 aliphatic heterocycles. The summed E-state index contributed by atoms with van der Waals surface area (Å²) in [5.41, 5.74) is 7.25. The van der Waals surface area contributed by atoms with Gasteiger partial charge in [-0.15, -0.1) is 0 Å². The van der Waals surface area contributed by atoms with Crippen LogP contribution in [-0.4, -0.2) is 84.8 Å². The number of hydrogen-bond acceptors (Lipinski definition) is 8. The zero-order valence-corrected chi connectivity index (χ0v) is 24.6. The number of phenols is 1. The molecule has 0 spiro atoms. The molecule has 5 aromatic rings. The number of aromatic amines is 2. The molecular formula is C32H36FN9O. The second-order valence-corrected chi connectivity index (χ2v) is 11.6. The highest BCUT2D eigenvalue weighted by Crippen LogP contribution is 2.34. The summed E-state index contributed by atoms with van der Waals surface area (Å²) >= 11 is 0. The predicted molar refractivity (Wildman–Crippen MR) is 164 cm³/mol. The first-order valence-corrected chi connectivity index (χ1v) is 15.0. The maximum Gasteiger partial charge on any atom is 0.165 e. The van der Waals surface area contributed by atoms with Crippen molar-refractivity contribution in [2.75, 3.05) is 44.7 Å². The van der Waals surface area contributed by atoms with Crippen molar-refractivity contribution in [3.05, 3.63) is 71.2 Å². The number of nitrogens with zero attached hydrogens (tertiary/aromatic N) is 7. The molecule has 10 nitrogen and oxygen atoms in total. The first kappa shape index (κ1) is 27.5. The first-order valence-electron chi connectivity index (χ1n) is 15.0. The van der Waals surface area contributed by atoms with Crippen LogP contribution >= 0.6 is 0 Å². The van der Waals surface area contributed by atoms with Crippen LogP contribution in [0.5, 0.6) is 5.75 Å². The maximum absolute atomic E-state index is 14.2. The quantitative estimate of drug-likeness (QED) is 0.268. The number of aromatic hydroxyl groups is 1. The number of anilines is 1. The first-order chi connectivity index (χ1) is 20.9. The smallest absolute Gasteiger partial charge is 0.165 e. The van der Waals surface area contributed by atoms with Crippen LogP contribution in [0.3, 0.4) is 0 Å². The molecule has 2 aromatic carbocycles. The Hall–Kier alpha value is -4.35. The third kappa shape index (κ3) is 5.46. The van der Waals surface area contributed by atoms with Crippen LogP contribution in [-0.2, 0) is 25.9 Å². The zero-order valence-electron chi connectivity index (χ0n) is 24.6. The predicted octanol–water partition coefficient (Wildman–Crippen LogP) is 4.52. The Morgan fingerprint density at radius 1 is 1.02 bits per heavy atom. The molecule has 222 valence electrons. The Morgan fingerprint density at radius 3 is 2.81 bits per heavy atom. The van der Waals surface area contributed by atoms with Crippen molar-refractivity contribution >= 4 is 16.7 Å². The molecule has 0 unspecified atom stereocenters. The van der Waals surface area contributed by atoms with Gasteiger partial charge in [-0.25, -0.2) is 14.4 Å². The van der Waals surface area contributed by atoms with Crippen molar-refractivity contribution < 1.29 is 9.50 Å². The Kier molecular flexibility index (Phi) is 7.28. The normalized spacial score (nSPS) is 16.5. The molecule has 3 N–H and O–H groups in total. The Labute approximate surface area is 249 Å². The number of imidazole rings is 1. The molecule has 0 radical (unpaired) electrons. The van der Waals surface area contributed by atoms with Gasteiger partial charge in [-0.3, -0.25) is 15.0 Å². The Balaban J connectivity index is 1.08. The highest BCUT2D eigenvalue weighted by molar-refractivity contribution is 5.94. The van der Waals surface area contributed by atoms with E-state index in [9.17, 15) is 9.50 Å². The van der Waals surface area contributed by atoms with E-state index in [1.54, 1.807) is 0 Å². The number of aromatic nitrogens is 6. The molecule has 3 aromatic heterocycles. The van der Waals surface area contributed by atoms with E-state index in [-0.39, 0.29) is 5.75 Å². The van der Waals surface area contributed by atoms with E-state index in [0.29, 0.717) is 6.42 Å². The van der Waals surface area contributed by atoms with Crippen LogP contribution in [0, 0.1) is 5.82 Å². The summed E-state index contributed by atoms with van der Waals surface area (Å²) in [5, 5.41) is 18.5. The van der Waals surface area contributed by atoms with Crippen molar-refractivity contribution in [3.63, 3.8) is 0 Å². The number of hydrogen-bond donors (Lipinski definition) is 3. The summed E-state index contributed by atoms with van der Waals surface area (Å²) in [6, 6.07) is 8.84. The summed E-state index contributed by atoms with van der Waals surface area (Å²) in [7, 11) is 2.17. The SMILES string of the molecule is CCc1cc(O)c(F)cc1-c1ccc2c(-c3nc4c([nH]3)CCN(Cc3cncc(N5CCCN(C)CC5)n3)C4)n[nH]c2c1. The Bertz CT molecular complexity index is 1780. The standard InChI is InChI=1S/C32H36FN9O/c1-3-20-14-29(43)25(33)15-24(20)21-5-6-23-27(13-21)38-39-31(23)32-36-26-7-10-41(19-28(26)37-32)18-22-16-34-17-30(35-22)42-9-4-8-40(2)11-12-42/h5-6,13-17,43H,3-4,7-12,18-19H2,1-2H3,(H,36,37)(H,38,39). The fourth-order valence-electron chi connectivity index (χ4n) is 6.25. The fourth-order valence-corrected chi connectivity index (χ4v) is 6.25. The molecule has 0 amide bonds. The molecule has 11 heteroatoms. The fraction of sp³-hybridized carbons (Fsp3) is 0.375. The van der Waals surface area contributed by atoms with E-state index < -0.39 is 5.82 Å². The summed E-state index contributed by atoms with van der Waals surface area (Å²) in [6.07, 6.45) is 6.43. The van der Waals surface area contributed by atoms with Gasteiger partial charge in [-0.2, -0.15) is 5.10 Å². The van der Waals surface area contributed by atoms with E-state index in [1.165, 1.54) is 12.1 Å². The van der Waals surface area contributed by atoms with Gasteiger partial charge in [-0.1, -0.05) is 13.0 Å². The summed E-state index contributed by atoms with van der Waals surface area (Å²) in [4.78, 5) is 25.1. The average molecular weight is 582 g/mol. The number of fused-ring (bicyclic) bond motifs is 2. The number of nitrogens with one attached hydrogen (secondary N) is 2. The molecular weight excluding hydrogens is 545 g/mol. The lowest BCUT2D eigenvalue weighted by Gasteiger charge is -2.26. The number of phenolic OH excluding ortho intramolecular Hbond substituents is 1. The molecule has 1 fully saturated rings. The van der Waals surface area contributed by atoms with Crippen molar-refractivity contribution in [1.82, 2.24) is 39.9 Å². The maximum atomic E-state index is 14.2. The number of rotatable bonds is 6. The van der Waals surface area contributed by atoms with Crippen molar-refractivity contribution in [1.29, 1.82) is 0 Å². The van der Waals surface area contributed by atoms with Crippen LogP contribution in [0.2, 0.25) is 0 Å². The number of H-pyrrole nitrogens is 2. The molecule has 2 aliphatic rings. The van der Waals surface area contributed by atoms with Crippen LogP contribution in [0.4, 0.5) is 10.2 Å². The topological polar surface area (TPSA) is 113 Å². The lowest BCUT2D eigenvalue weighted by atomic mass is 9.96. The average Bonchev–Trinajstić information content (AvgIpc) is 3.56. The van der Waals surface area contributed by atoms with E-state index in [1.807, 2.05) is 37.5 Å². The minimum atomic E-state index is -0.627. The van der Waals surface area contributed by atoms with E-state index in [0.717, 1.165) is 121 Å². The number of benzene rings is 2. The lowest BCUT2D eigenvalue weighted by Crippen LogP contribution is -2.32. The minimum Gasteiger partial charge on any atom is -0.505 e. The highest BCUT2D eigenvalue weighted by atomic mass is 19.1. The van der Waals surface area contributed by atoms with E-state index in [2.05, 4.69) is 41.9 Å². The van der Waals surface area contributed by atoms with Crippen molar-refractivity contribution in [2.24, 2.45) is 0 Å².